The Morgan fingerprint density at radius 2 is 2.06 bits per heavy atom. The number of aromatic nitrogens is 3. The molecule has 2 unspecified atom stereocenters. The van der Waals surface area contributed by atoms with E-state index in [1.807, 2.05) is 18.6 Å². The van der Waals surface area contributed by atoms with Gasteiger partial charge in [0.25, 0.3) is 0 Å². The predicted octanol–water partition coefficient (Wildman–Crippen LogP) is 4.25. The molecule has 9 heteroatoms. The summed E-state index contributed by atoms with van der Waals surface area (Å²) in [6, 6.07) is 6.58. The quantitative estimate of drug-likeness (QED) is 0.472. The molecule has 8 nitrogen and oxygen atoms in total. The van der Waals surface area contributed by atoms with E-state index in [-0.39, 0.29) is 30.8 Å². The van der Waals surface area contributed by atoms with Gasteiger partial charge >= 0.3 is 5.97 Å². The lowest BCUT2D eigenvalue weighted by Gasteiger charge is -2.33. The van der Waals surface area contributed by atoms with E-state index in [1.54, 1.807) is 20.0 Å². The number of carboxylic acid groups (broad SMARTS) is 1. The maximum Gasteiger partial charge on any atom is 0.309 e. The lowest BCUT2D eigenvalue weighted by atomic mass is 9.88. The molecule has 0 aliphatic rings. The molecule has 2 heterocycles. The van der Waals surface area contributed by atoms with Crippen LogP contribution in [0.5, 0.6) is 0 Å². The summed E-state index contributed by atoms with van der Waals surface area (Å²) in [5, 5.41) is 12.6. The van der Waals surface area contributed by atoms with E-state index in [1.165, 1.54) is 11.3 Å². The first-order chi connectivity index (χ1) is 15.1. The number of imidazole rings is 1. The van der Waals surface area contributed by atoms with Crippen LogP contribution in [0.25, 0.3) is 10.2 Å². The first-order valence-corrected chi connectivity index (χ1v) is 11.5. The van der Waals surface area contributed by atoms with Crippen LogP contribution in [0.2, 0.25) is 0 Å². The van der Waals surface area contributed by atoms with Gasteiger partial charge in [-0.05, 0) is 58.5 Å². The summed E-state index contributed by atoms with van der Waals surface area (Å²) >= 11 is 1.42. The normalized spacial score (nSPS) is 13.9. The van der Waals surface area contributed by atoms with Gasteiger partial charge in [-0.1, -0.05) is 24.3 Å². The van der Waals surface area contributed by atoms with E-state index in [4.69, 9.17) is 0 Å². The molecule has 0 radical (unpaired) electrons. The number of rotatable bonds is 10. The van der Waals surface area contributed by atoms with E-state index < -0.39 is 11.4 Å². The lowest BCUT2D eigenvalue weighted by Crippen LogP contribution is -2.36. The number of carbonyl (C=O) groups is 2. The average molecular weight is 458 g/mol. The van der Waals surface area contributed by atoms with Crippen molar-refractivity contribution < 1.29 is 14.7 Å². The highest BCUT2D eigenvalue weighted by Crippen LogP contribution is 2.33. The smallest absolute Gasteiger partial charge is 0.309 e. The zero-order valence-electron chi connectivity index (χ0n) is 19.2. The molecule has 0 bridgehead atoms. The van der Waals surface area contributed by atoms with Gasteiger partial charge in [0.15, 0.2) is 5.13 Å². The topological polar surface area (TPSA) is 100 Å². The number of hydrogen-bond donors (Lipinski definition) is 2. The summed E-state index contributed by atoms with van der Waals surface area (Å²) in [5.41, 5.74) is 1.03. The Morgan fingerprint density at radius 3 is 2.66 bits per heavy atom. The predicted molar refractivity (Wildman–Crippen MR) is 127 cm³/mol. The first kappa shape index (κ1) is 23.9. The second-order valence-corrected chi connectivity index (χ2v) is 9.91. The molecule has 2 atom stereocenters. The molecule has 2 aromatic heterocycles. The van der Waals surface area contributed by atoms with E-state index >= 15 is 0 Å². The van der Waals surface area contributed by atoms with Crippen molar-refractivity contribution in [2.45, 2.75) is 52.1 Å². The molecular formula is C23H31N5O3S. The minimum atomic E-state index is -0.940. The molecule has 0 aliphatic carbocycles. The van der Waals surface area contributed by atoms with Crippen molar-refractivity contribution in [3.8, 4) is 0 Å². The van der Waals surface area contributed by atoms with E-state index in [0.29, 0.717) is 5.13 Å². The van der Waals surface area contributed by atoms with Crippen LogP contribution in [0.1, 0.15) is 51.6 Å². The Hall–Kier alpha value is -2.78. The van der Waals surface area contributed by atoms with Crippen molar-refractivity contribution in [1.82, 2.24) is 19.4 Å². The molecule has 3 rings (SSSR count). The van der Waals surface area contributed by atoms with Gasteiger partial charge in [0.1, 0.15) is 0 Å². The zero-order chi connectivity index (χ0) is 23.5. The van der Waals surface area contributed by atoms with Gasteiger partial charge in [-0.3, -0.25) is 9.59 Å². The Labute approximate surface area is 192 Å². The van der Waals surface area contributed by atoms with Crippen molar-refractivity contribution in [3.05, 3.63) is 42.5 Å². The van der Waals surface area contributed by atoms with Gasteiger partial charge in [0.2, 0.25) is 5.91 Å². The highest BCUT2D eigenvalue weighted by molar-refractivity contribution is 7.22. The van der Waals surface area contributed by atoms with Crippen molar-refractivity contribution in [3.63, 3.8) is 0 Å². The Balaban J connectivity index is 1.82. The number of hydrogen-bond acceptors (Lipinski definition) is 6. The number of likely N-dealkylation sites (N-methyl/N-ethyl adjacent to an activating group) is 1. The third kappa shape index (κ3) is 5.34. The summed E-state index contributed by atoms with van der Waals surface area (Å²) in [4.78, 5) is 34.6. The van der Waals surface area contributed by atoms with Gasteiger partial charge in [0.05, 0.1) is 28.0 Å². The van der Waals surface area contributed by atoms with Gasteiger partial charge in [0, 0.05) is 24.9 Å². The number of carbonyl (C=O) groups excluding carboxylic acids is 1. The Bertz CT molecular complexity index is 1070. The van der Waals surface area contributed by atoms with Crippen LogP contribution in [0.4, 0.5) is 5.13 Å². The largest absolute Gasteiger partial charge is 0.481 e. The van der Waals surface area contributed by atoms with Crippen LogP contribution in [0, 0.1) is 5.41 Å². The van der Waals surface area contributed by atoms with Crippen molar-refractivity contribution >= 4 is 38.6 Å². The molecule has 1 aromatic carbocycles. The van der Waals surface area contributed by atoms with Crippen molar-refractivity contribution in [2.75, 3.05) is 19.4 Å². The molecular weight excluding hydrogens is 426 g/mol. The average Bonchev–Trinajstić information content (AvgIpc) is 3.39. The fourth-order valence-corrected chi connectivity index (χ4v) is 4.72. The Kier molecular flexibility index (Phi) is 7.30. The number of benzene rings is 1. The molecule has 0 spiro atoms. The van der Waals surface area contributed by atoms with Gasteiger partial charge in [-0.25, -0.2) is 9.97 Å². The molecule has 3 aromatic rings. The van der Waals surface area contributed by atoms with Gasteiger partial charge < -0.3 is 19.9 Å². The fourth-order valence-electron chi connectivity index (χ4n) is 3.79. The summed E-state index contributed by atoms with van der Waals surface area (Å²) < 4.78 is 3.12. The third-order valence-electron chi connectivity index (χ3n) is 5.85. The summed E-state index contributed by atoms with van der Waals surface area (Å²) in [7, 11) is 4.17. The maximum atomic E-state index is 12.3. The van der Waals surface area contributed by atoms with Gasteiger partial charge in [-0.15, -0.1) is 0 Å². The minimum absolute atomic E-state index is 0.0975. The maximum absolute atomic E-state index is 12.3. The van der Waals surface area contributed by atoms with Crippen LogP contribution < -0.4 is 5.32 Å². The fraction of sp³-hybridized carbons (Fsp3) is 0.478. The second-order valence-electron chi connectivity index (χ2n) is 8.88. The highest BCUT2D eigenvalue weighted by Gasteiger charge is 2.28. The number of carboxylic acids is 1. The number of nitrogens with one attached hydrogen (secondary N) is 1. The Morgan fingerprint density at radius 1 is 1.31 bits per heavy atom. The van der Waals surface area contributed by atoms with Crippen molar-refractivity contribution in [2.24, 2.45) is 5.41 Å². The summed E-state index contributed by atoms with van der Waals surface area (Å²) in [5.74, 6) is -1.14. The van der Waals surface area contributed by atoms with E-state index in [0.717, 1.165) is 22.2 Å². The molecule has 2 N–H and O–H groups in total. The number of thiazole rings is 1. The highest BCUT2D eigenvalue weighted by atomic mass is 32.1. The van der Waals surface area contributed by atoms with Crippen LogP contribution in [0.3, 0.4) is 0 Å². The molecule has 0 fully saturated rings. The molecule has 0 aliphatic heterocycles. The van der Waals surface area contributed by atoms with E-state index in [2.05, 4.69) is 57.9 Å². The zero-order valence-corrected chi connectivity index (χ0v) is 20.0. The molecule has 0 saturated heterocycles. The van der Waals surface area contributed by atoms with Gasteiger partial charge in [-0.2, -0.15) is 0 Å². The summed E-state index contributed by atoms with van der Waals surface area (Å²) in [6.07, 6.45) is 6.99. The van der Waals surface area contributed by atoms with Crippen LogP contribution >= 0.6 is 11.3 Å². The molecule has 32 heavy (non-hydrogen) atoms. The lowest BCUT2D eigenvalue weighted by molar-refractivity contribution is -0.147. The summed E-state index contributed by atoms with van der Waals surface area (Å²) in [6.45, 7) is 5.42. The van der Waals surface area contributed by atoms with Crippen LogP contribution in [-0.2, 0) is 9.59 Å². The number of aliphatic carboxylic acids is 1. The standard InChI is InChI=1S/C23H31N5O3S/c1-6-17(27(4)5)20(28-12-11-24-14-28)15-7-8-16-18(13-15)32-22(25-16)26-19(29)9-10-23(2,3)21(30)31/h7-8,11-14,17,20H,6,9-10H2,1-5H3,(H,30,31)(H,25,26,29). The van der Waals surface area contributed by atoms with Crippen molar-refractivity contribution in [1.29, 1.82) is 0 Å². The second kappa shape index (κ2) is 9.79. The molecule has 0 saturated carbocycles. The number of nitrogens with zero attached hydrogens (tertiary/aromatic N) is 4. The monoisotopic (exact) mass is 457 g/mol. The minimum Gasteiger partial charge on any atom is -0.481 e. The van der Waals surface area contributed by atoms with Crippen LogP contribution in [0.15, 0.2) is 36.9 Å². The molecule has 172 valence electrons. The number of amides is 1. The van der Waals surface area contributed by atoms with Crippen LogP contribution in [-0.4, -0.2) is 56.6 Å². The number of fused-ring (bicyclic) bond motifs is 1. The molecule has 1 amide bonds. The SMILES string of the molecule is CCC(C(c1ccc2nc(NC(=O)CCC(C)(C)C(=O)O)sc2c1)n1ccnc1)N(C)C. The number of anilines is 1. The third-order valence-corrected chi connectivity index (χ3v) is 6.78. The van der Waals surface area contributed by atoms with E-state index in [9.17, 15) is 14.7 Å². The first-order valence-electron chi connectivity index (χ1n) is 10.7.